The quantitative estimate of drug-likeness (QED) is 0.554. The Kier molecular flexibility index (Phi) is 3.20. The summed E-state index contributed by atoms with van der Waals surface area (Å²) in [6.45, 7) is 0. The van der Waals surface area contributed by atoms with Crippen LogP contribution in [0.3, 0.4) is 0 Å². The molecular weight excluding hydrogens is 168 g/mol. The molecule has 3 heteroatoms. The maximum atomic E-state index is 11.0. The van der Waals surface area contributed by atoms with Gasteiger partial charge in [-0.15, -0.1) is 0 Å². The Morgan fingerprint density at radius 1 is 1.31 bits per heavy atom. The number of phenols is 1. The number of benzene rings is 1. The standard InChI is InChI=1S/C10H10O3/c11-6-5-10(13)7-8-1-3-9(12)4-2-8/h1-4,6,12H,5,7H2. The van der Waals surface area contributed by atoms with Gasteiger partial charge < -0.3 is 9.90 Å². The van der Waals surface area contributed by atoms with Gasteiger partial charge in [-0.3, -0.25) is 4.79 Å². The van der Waals surface area contributed by atoms with Crippen molar-refractivity contribution in [1.82, 2.24) is 0 Å². The number of carbonyl (C=O) groups excluding carboxylic acids is 2. The van der Waals surface area contributed by atoms with E-state index in [1.807, 2.05) is 0 Å². The molecule has 0 aliphatic rings. The number of ketones is 1. The largest absolute Gasteiger partial charge is 0.508 e. The highest BCUT2D eigenvalue weighted by Gasteiger charge is 2.02. The van der Waals surface area contributed by atoms with Crippen LogP contribution >= 0.6 is 0 Å². The second-order valence-electron chi connectivity index (χ2n) is 2.75. The maximum absolute atomic E-state index is 11.0. The molecule has 0 aliphatic carbocycles. The fourth-order valence-electron chi connectivity index (χ4n) is 1.01. The van der Waals surface area contributed by atoms with E-state index in [0.717, 1.165) is 5.56 Å². The molecule has 0 unspecified atom stereocenters. The van der Waals surface area contributed by atoms with Crippen molar-refractivity contribution in [3.63, 3.8) is 0 Å². The smallest absolute Gasteiger partial charge is 0.144 e. The van der Waals surface area contributed by atoms with E-state index in [4.69, 9.17) is 5.11 Å². The summed E-state index contributed by atoms with van der Waals surface area (Å²) in [5.74, 6) is 0.0623. The van der Waals surface area contributed by atoms with E-state index in [1.165, 1.54) is 12.1 Å². The summed E-state index contributed by atoms with van der Waals surface area (Å²) in [5, 5.41) is 8.95. The molecular formula is C10H10O3. The molecule has 0 heterocycles. The molecule has 0 saturated carbocycles. The van der Waals surface area contributed by atoms with Gasteiger partial charge >= 0.3 is 0 Å². The first-order valence-electron chi connectivity index (χ1n) is 3.95. The van der Waals surface area contributed by atoms with Gasteiger partial charge in [0, 0.05) is 6.42 Å². The molecule has 0 radical (unpaired) electrons. The highest BCUT2D eigenvalue weighted by Crippen LogP contribution is 2.10. The maximum Gasteiger partial charge on any atom is 0.144 e. The van der Waals surface area contributed by atoms with Crippen molar-refractivity contribution in [2.75, 3.05) is 0 Å². The third-order valence-electron chi connectivity index (χ3n) is 1.65. The highest BCUT2D eigenvalue weighted by atomic mass is 16.3. The summed E-state index contributed by atoms with van der Waals surface area (Å²) < 4.78 is 0. The predicted molar refractivity (Wildman–Crippen MR) is 47.5 cm³/mol. The minimum Gasteiger partial charge on any atom is -0.508 e. The first-order chi connectivity index (χ1) is 6.22. The second-order valence-corrected chi connectivity index (χ2v) is 2.75. The summed E-state index contributed by atoms with van der Waals surface area (Å²) in [4.78, 5) is 21.0. The van der Waals surface area contributed by atoms with Gasteiger partial charge in [0.1, 0.15) is 17.8 Å². The molecule has 1 aromatic carbocycles. The first-order valence-corrected chi connectivity index (χ1v) is 3.95. The van der Waals surface area contributed by atoms with Crippen molar-refractivity contribution < 1.29 is 14.7 Å². The number of carbonyl (C=O) groups is 2. The van der Waals surface area contributed by atoms with Gasteiger partial charge in [0.05, 0.1) is 6.42 Å². The number of rotatable bonds is 4. The monoisotopic (exact) mass is 178 g/mol. The molecule has 1 N–H and O–H groups in total. The predicted octanol–water partition coefficient (Wildman–Crippen LogP) is 1.09. The van der Waals surface area contributed by atoms with Crippen molar-refractivity contribution in [3.05, 3.63) is 29.8 Å². The van der Waals surface area contributed by atoms with Gasteiger partial charge in [-0.1, -0.05) is 12.1 Å². The summed E-state index contributed by atoms with van der Waals surface area (Å²) in [5.41, 5.74) is 0.810. The molecule has 0 aliphatic heterocycles. The van der Waals surface area contributed by atoms with Crippen LogP contribution in [0.1, 0.15) is 12.0 Å². The number of Topliss-reactive ketones (excluding diaryl/α,β-unsaturated/α-hetero) is 1. The topological polar surface area (TPSA) is 54.4 Å². The van der Waals surface area contributed by atoms with Crippen LogP contribution in [0.15, 0.2) is 24.3 Å². The van der Waals surface area contributed by atoms with Gasteiger partial charge in [0.25, 0.3) is 0 Å². The Balaban J connectivity index is 2.59. The Bertz CT molecular complexity index is 300. The zero-order chi connectivity index (χ0) is 9.68. The Morgan fingerprint density at radius 2 is 1.92 bits per heavy atom. The van der Waals surface area contributed by atoms with Gasteiger partial charge in [-0.25, -0.2) is 0 Å². The zero-order valence-electron chi connectivity index (χ0n) is 7.06. The molecule has 68 valence electrons. The normalized spacial score (nSPS) is 9.54. The molecule has 0 amide bonds. The molecule has 0 atom stereocenters. The van der Waals surface area contributed by atoms with Crippen molar-refractivity contribution in [1.29, 1.82) is 0 Å². The lowest BCUT2D eigenvalue weighted by Gasteiger charge is -1.98. The number of hydrogen-bond acceptors (Lipinski definition) is 3. The minimum atomic E-state index is -0.110. The van der Waals surface area contributed by atoms with E-state index in [9.17, 15) is 9.59 Å². The molecule has 3 nitrogen and oxygen atoms in total. The van der Waals surface area contributed by atoms with Crippen LogP contribution in [-0.2, 0) is 16.0 Å². The Hall–Kier alpha value is -1.64. The van der Waals surface area contributed by atoms with E-state index in [0.29, 0.717) is 6.29 Å². The van der Waals surface area contributed by atoms with Crippen LogP contribution in [0, 0.1) is 0 Å². The first kappa shape index (κ1) is 9.45. The van der Waals surface area contributed by atoms with E-state index in [-0.39, 0.29) is 24.4 Å². The lowest BCUT2D eigenvalue weighted by molar-refractivity contribution is -0.121. The molecule has 0 bridgehead atoms. The number of phenolic OH excluding ortho intramolecular Hbond substituents is 1. The van der Waals surface area contributed by atoms with Gasteiger partial charge in [-0.05, 0) is 17.7 Å². The molecule has 13 heavy (non-hydrogen) atoms. The lowest BCUT2D eigenvalue weighted by atomic mass is 10.1. The average molecular weight is 178 g/mol. The van der Waals surface area contributed by atoms with E-state index in [1.54, 1.807) is 12.1 Å². The molecule has 0 aromatic heterocycles. The van der Waals surface area contributed by atoms with Gasteiger partial charge in [0.15, 0.2) is 0 Å². The summed E-state index contributed by atoms with van der Waals surface area (Å²) in [7, 11) is 0. The van der Waals surface area contributed by atoms with Crippen molar-refractivity contribution in [2.24, 2.45) is 0 Å². The third kappa shape index (κ3) is 3.07. The van der Waals surface area contributed by atoms with Crippen LogP contribution in [0.5, 0.6) is 5.75 Å². The highest BCUT2D eigenvalue weighted by molar-refractivity contribution is 5.91. The third-order valence-corrected chi connectivity index (χ3v) is 1.65. The van der Waals surface area contributed by atoms with Crippen LogP contribution in [0.4, 0.5) is 0 Å². The SMILES string of the molecule is O=CCC(=O)Cc1ccc(O)cc1. The van der Waals surface area contributed by atoms with Crippen LogP contribution in [0.2, 0.25) is 0 Å². The number of aromatic hydroxyl groups is 1. The van der Waals surface area contributed by atoms with Crippen molar-refractivity contribution in [3.8, 4) is 5.75 Å². The average Bonchev–Trinajstić information content (AvgIpc) is 2.09. The Labute approximate surface area is 76.0 Å². The molecule has 0 spiro atoms. The summed E-state index contributed by atoms with van der Waals surface area (Å²) in [6.07, 6.45) is 0.808. The Morgan fingerprint density at radius 3 is 2.46 bits per heavy atom. The van der Waals surface area contributed by atoms with Crippen LogP contribution < -0.4 is 0 Å². The van der Waals surface area contributed by atoms with E-state index >= 15 is 0 Å². The number of aldehydes is 1. The summed E-state index contributed by atoms with van der Waals surface area (Å²) >= 11 is 0. The van der Waals surface area contributed by atoms with E-state index in [2.05, 4.69) is 0 Å². The fourth-order valence-corrected chi connectivity index (χ4v) is 1.01. The molecule has 1 aromatic rings. The molecule has 1 rings (SSSR count). The van der Waals surface area contributed by atoms with Gasteiger partial charge in [0.2, 0.25) is 0 Å². The lowest BCUT2D eigenvalue weighted by Crippen LogP contribution is -2.02. The van der Waals surface area contributed by atoms with Crippen molar-refractivity contribution in [2.45, 2.75) is 12.8 Å². The van der Waals surface area contributed by atoms with Crippen molar-refractivity contribution >= 4 is 12.1 Å². The zero-order valence-corrected chi connectivity index (χ0v) is 7.06. The second kappa shape index (κ2) is 4.40. The van der Waals surface area contributed by atoms with Gasteiger partial charge in [-0.2, -0.15) is 0 Å². The fraction of sp³-hybridized carbons (Fsp3) is 0.200. The molecule has 0 saturated heterocycles. The number of hydrogen-bond donors (Lipinski definition) is 1. The van der Waals surface area contributed by atoms with Crippen LogP contribution in [-0.4, -0.2) is 17.2 Å². The van der Waals surface area contributed by atoms with E-state index < -0.39 is 0 Å². The minimum absolute atomic E-state index is 0.0408. The van der Waals surface area contributed by atoms with Crippen LogP contribution in [0.25, 0.3) is 0 Å². The summed E-state index contributed by atoms with van der Waals surface area (Å²) in [6, 6.07) is 6.36. The molecule has 0 fully saturated rings.